The summed E-state index contributed by atoms with van der Waals surface area (Å²) in [6.45, 7) is 6.26. The van der Waals surface area contributed by atoms with Crippen molar-refractivity contribution in [2.45, 2.75) is 51.9 Å². The maximum absolute atomic E-state index is 10.4. The van der Waals surface area contributed by atoms with Gasteiger partial charge < -0.3 is 15.7 Å². The number of rotatable bonds is 12. The molecule has 0 rings (SSSR count). The minimum atomic E-state index is -0.684. The quantitative estimate of drug-likeness (QED) is 0.516. The topological polar surface area (TPSA) is 66.6 Å². The fourth-order valence-corrected chi connectivity index (χ4v) is 1.82. The van der Waals surface area contributed by atoms with E-state index in [0.717, 1.165) is 51.9 Å². The monoisotopic (exact) mass is 244 g/mol. The summed E-state index contributed by atoms with van der Waals surface area (Å²) < 4.78 is 0. The molecule has 0 fully saturated rings. The van der Waals surface area contributed by atoms with Crippen molar-refractivity contribution in [3.05, 3.63) is 0 Å². The van der Waals surface area contributed by atoms with Crippen molar-refractivity contribution in [2.75, 3.05) is 26.2 Å². The Hall–Kier alpha value is -0.610. The molecule has 0 aromatic rings. The molecule has 0 aromatic heterocycles. The summed E-state index contributed by atoms with van der Waals surface area (Å²) >= 11 is 0. The molecule has 0 saturated carbocycles. The Morgan fingerprint density at radius 3 is 2.29 bits per heavy atom. The number of hydrogen-bond acceptors (Lipinski definition) is 3. The molecule has 3 N–H and O–H groups in total. The van der Waals surface area contributed by atoms with Gasteiger partial charge in [0.05, 0.1) is 0 Å². The third-order valence-corrected chi connectivity index (χ3v) is 2.87. The molecular weight excluding hydrogens is 216 g/mol. The fraction of sp³-hybridized carbons (Fsp3) is 0.923. The second-order valence-corrected chi connectivity index (χ2v) is 4.54. The van der Waals surface area contributed by atoms with Gasteiger partial charge in [-0.15, -0.1) is 0 Å². The first-order valence-electron chi connectivity index (χ1n) is 6.85. The van der Waals surface area contributed by atoms with Gasteiger partial charge >= 0.3 is 5.97 Å². The molecule has 0 aliphatic carbocycles. The summed E-state index contributed by atoms with van der Waals surface area (Å²) in [7, 11) is 0. The van der Waals surface area contributed by atoms with E-state index in [1.54, 1.807) is 0 Å². The van der Waals surface area contributed by atoms with Gasteiger partial charge in [0.15, 0.2) is 0 Å². The van der Waals surface area contributed by atoms with Gasteiger partial charge in [0, 0.05) is 6.42 Å². The van der Waals surface area contributed by atoms with Crippen LogP contribution in [0.3, 0.4) is 0 Å². The van der Waals surface area contributed by atoms with Crippen molar-refractivity contribution in [1.82, 2.24) is 4.90 Å². The minimum Gasteiger partial charge on any atom is -0.481 e. The summed E-state index contributed by atoms with van der Waals surface area (Å²) in [5.41, 5.74) is 5.52. The average molecular weight is 244 g/mol. The van der Waals surface area contributed by atoms with E-state index >= 15 is 0 Å². The third-order valence-electron chi connectivity index (χ3n) is 2.87. The SMILES string of the molecule is CCCCN(CCCN)CCCCCC(=O)O. The smallest absolute Gasteiger partial charge is 0.303 e. The van der Waals surface area contributed by atoms with E-state index in [0.29, 0.717) is 6.42 Å². The lowest BCUT2D eigenvalue weighted by Gasteiger charge is -2.21. The van der Waals surface area contributed by atoms with Gasteiger partial charge in [0.1, 0.15) is 0 Å². The van der Waals surface area contributed by atoms with Crippen LogP contribution in [-0.4, -0.2) is 42.2 Å². The van der Waals surface area contributed by atoms with Gasteiger partial charge in [-0.25, -0.2) is 0 Å². The zero-order valence-corrected chi connectivity index (χ0v) is 11.2. The molecule has 0 aliphatic heterocycles. The van der Waals surface area contributed by atoms with Gasteiger partial charge in [-0.2, -0.15) is 0 Å². The van der Waals surface area contributed by atoms with Gasteiger partial charge in [-0.1, -0.05) is 19.8 Å². The Labute approximate surface area is 105 Å². The Kier molecular flexibility index (Phi) is 11.4. The first-order valence-corrected chi connectivity index (χ1v) is 6.85. The van der Waals surface area contributed by atoms with Crippen LogP contribution in [0.2, 0.25) is 0 Å². The molecule has 0 aromatic carbocycles. The van der Waals surface area contributed by atoms with Crippen LogP contribution in [0.1, 0.15) is 51.9 Å². The highest BCUT2D eigenvalue weighted by molar-refractivity contribution is 5.66. The molecule has 0 amide bonds. The van der Waals surface area contributed by atoms with Crippen molar-refractivity contribution >= 4 is 5.97 Å². The van der Waals surface area contributed by atoms with E-state index in [1.807, 2.05) is 0 Å². The fourth-order valence-electron chi connectivity index (χ4n) is 1.82. The largest absolute Gasteiger partial charge is 0.481 e. The highest BCUT2D eigenvalue weighted by Gasteiger charge is 2.04. The first-order chi connectivity index (χ1) is 8.20. The zero-order valence-electron chi connectivity index (χ0n) is 11.2. The van der Waals surface area contributed by atoms with Crippen molar-refractivity contribution in [3.63, 3.8) is 0 Å². The van der Waals surface area contributed by atoms with Crippen molar-refractivity contribution < 1.29 is 9.90 Å². The number of carboxylic acids is 1. The summed E-state index contributed by atoms with van der Waals surface area (Å²) in [6.07, 6.45) is 6.72. The Bertz CT molecular complexity index is 178. The standard InChI is InChI=1S/C13H28N2O2/c1-2-3-10-15(12-7-9-14)11-6-4-5-8-13(16)17/h2-12,14H2,1H3,(H,16,17). The van der Waals surface area contributed by atoms with Crippen molar-refractivity contribution in [1.29, 1.82) is 0 Å². The number of carboxylic acid groups (broad SMARTS) is 1. The van der Waals surface area contributed by atoms with E-state index in [-0.39, 0.29) is 0 Å². The molecule has 0 atom stereocenters. The maximum atomic E-state index is 10.4. The summed E-state index contributed by atoms with van der Waals surface area (Å²) in [5.74, 6) is -0.684. The number of hydrogen-bond donors (Lipinski definition) is 2. The minimum absolute atomic E-state index is 0.303. The maximum Gasteiger partial charge on any atom is 0.303 e. The Morgan fingerprint density at radius 1 is 1.06 bits per heavy atom. The van der Waals surface area contributed by atoms with Crippen LogP contribution in [-0.2, 0) is 4.79 Å². The van der Waals surface area contributed by atoms with E-state index < -0.39 is 5.97 Å². The number of aliphatic carboxylic acids is 1. The summed E-state index contributed by atoms with van der Waals surface area (Å²) in [4.78, 5) is 12.8. The number of nitrogens with zero attached hydrogens (tertiary/aromatic N) is 1. The van der Waals surface area contributed by atoms with E-state index in [9.17, 15) is 4.79 Å². The summed E-state index contributed by atoms with van der Waals surface area (Å²) in [6, 6.07) is 0. The van der Waals surface area contributed by atoms with Crippen molar-refractivity contribution in [3.8, 4) is 0 Å². The molecule has 0 unspecified atom stereocenters. The second-order valence-electron chi connectivity index (χ2n) is 4.54. The lowest BCUT2D eigenvalue weighted by atomic mass is 10.2. The van der Waals surface area contributed by atoms with E-state index in [1.165, 1.54) is 12.8 Å². The highest BCUT2D eigenvalue weighted by atomic mass is 16.4. The third kappa shape index (κ3) is 11.6. The van der Waals surface area contributed by atoms with Crippen LogP contribution >= 0.6 is 0 Å². The van der Waals surface area contributed by atoms with Gasteiger partial charge in [0.25, 0.3) is 0 Å². The average Bonchev–Trinajstić information content (AvgIpc) is 2.30. The first kappa shape index (κ1) is 16.4. The van der Waals surface area contributed by atoms with Crippen LogP contribution in [0.5, 0.6) is 0 Å². The van der Waals surface area contributed by atoms with Crippen LogP contribution in [0.15, 0.2) is 0 Å². The molecule has 0 heterocycles. The van der Waals surface area contributed by atoms with Gasteiger partial charge in [-0.3, -0.25) is 4.79 Å². The molecule has 102 valence electrons. The van der Waals surface area contributed by atoms with Crippen LogP contribution < -0.4 is 5.73 Å². The summed E-state index contributed by atoms with van der Waals surface area (Å²) in [5, 5.41) is 8.53. The highest BCUT2D eigenvalue weighted by Crippen LogP contribution is 2.04. The molecule has 0 bridgehead atoms. The van der Waals surface area contributed by atoms with Gasteiger partial charge in [-0.05, 0) is 51.9 Å². The van der Waals surface area contributed by atoms with Crippen molar-refractivity contribution in [2.24, 2.45) is 5.73 Å². The number of nitrogens with two attached hydrogens (primary N) is 1. The molecule has 0 saturated heterocycles. The molecule has 4 nitrogen and oxygen atoms in total. The van der Waals surface area contributed by atoms with E-state index in [2.05, 4.69) is 11.8 Å². The van der Waals surface area contributed by atoms with Crippen LogP contribution in [0, 0.1) is 0 Å². The molecule has 0 spiro atoms. The second kappa shape index (κ2) is 11.9. The van der Waals surface area contributed by atoms with Gasteiger partial charge in [0.2, 0.25) is 0 Å². The Balaban J connectivity index is 3.55. The molecule has 0 aliphatic rings. The lowest BCUT2D eigenvalue weighted by molar-refractivity contribution is -0.137. The normalized spacial score (nSPS) is 11.0. The van der Waals surface area contributed by atoms with Crippen LogP contribution in [0.4, 0.5) is 0 Å². The van der Waals surface area contributed by atoms with Crippen LogP contribution in [0.25, 0.3) is 0 Å². The molecule has 4 heteroatoms. The number of unbranched alkanes of at least 4 members (excludes halogenated alkanes) is 3. The molecule has 0 radical (unpaired) electrons. The number of carbonyl (C=O) groups is 1. The molecular formula is C13H28N2O2. The molecule has 17 heavy (non-hydrogen) atoms. The zero-order chi connectivity index (χ0) is 12.9. The van der Waals surface area contributed by atoms with E-state index in [4.69, 9.17) is 10.8 Å². The predicted molar refractivity (Wildman–Crippen MR) is 71.1 cm³/mol. The Morgan fingerprint density at radius 2 is 1.71 bits per heavy atom. The lowest BCUT2D eigenvalue weighted by Crippen LogP contribution is -2.28. The predicted octanol–water partition coefficient (Wildman–Crippen LogP) is 2.08.